The van der Waals surface area contributed by atoms with Crippen molar-refractivity contribution in [3.05, 3.63) is 34.9 Å². The second kappa shape index (κ2) is 14.1. The van der Waals surface area contributed by atoms with Gasteiger partial charge in [0.2, 0.25) is 11.9 Å². The van der Waals surface area contributed by atoms with Gasteiger partial charge in [0.1, 0.15) is 5.82 Å². The molecule has 2 aromatic rings. The maximum Gasteiger partial charge on any atom is 0.321 e. The third-order valence-electron chi connectivity index (χ3n) is 5.45. The van der Waals surface area contributed by atoms with Crippen LogP contribution in [-0.4, -0.2) is 78.1 Å². The molecule has 1 aliphatic heterocycles. The summed E-state index contributed by atoms with van der Waals surface area (Å²) in [4.78, 5) is 35.2. The van der Waals surface area contributed by atoms with Crippen molar-refractivity contribution in [2.24, 2.45) is 0 Å². The lowest BCUT2D eigenvalue weighted by molar-refractivity contribution is -0.122. The lowest BCUT2D eigenvalue weighted by Gasteiger charge is -2.16. The van der Waals surface area contributed by atoms with Crippen molar-refractivity contribution in [1.82, 2.24) is 25.5 Å². The zero-order valence-electron chi connectivity index (χ0n) is 20.1. The van der Waals surface area contributed by atoms with Gasteiger partial charge in [-0.25, -0.2) is 9.78 Å². The molecular weight excluding hydrogens is 532 g/mol. The highest BCUT2D eigenvalue weighted by Crippen LogP contribution is 2.23. The number of hydrogen-bond acceptors (Lipinski definition) is 8. The van der Waals surface area contributed by atoms with E-state index in [9.17, 15) is 9.59 Å². The van der Waals surface area contributed by atoms with E-state index in [2.05, 4.69) is 52.5 Å². The summed E-state index contributed by atoms with van der Waals surface area (Å²) in [6.45, 7) is 2.81. The van der Waals surface area contributed by atoms with Crippen LogP contribution in [0.2, 0.25) is 0 Å². The van der Waals surface area contributed by atoms with E-state index in [4.69, 9.17) is 0 Å². The molecule has 1 aliphatic rings. The number of rotatable bonds is 12. The normalized spacial score (nSPS) is 13.9. The molecule has 2 heterocycles. The van der Waals surface area contributed by atoms with Crippen molar-refractivity contribution < 1.29 is 9.59 Å². The summed E-state index contributed by atoms with van der Waals surface area (Å²) in [7, 11) is 1.79. The van der Waals surface area contributed by atoms with Crippen LogP contribution in [0.25, 0.3) is 0 Å². The quantitative estimate of drug-likeness (QED) is 0.248. The van der Waals surface area contributed by atoms with Gasteiger partial charge in [-0.1, -0.05) is 6.07 Å². The number of benzene rings is 1. The van der Waals surface area contributed by atoms with Gasteiger partial charge < -0.3 is 31.5 Å². The number of carbonyl (C=O) groups excluding carboxylic acids is 2. The third kappa shape index (κ3) is 8.55. The van der Waals surface area contributed by atoms with Crippen molar-refractivity contribution in [2.75, 3.05) is 61.2 Å². The second-order valence-corrected chi connectivity index (χ2v) is 9.85. The Morgan fingerprint density at radius 2 is 1.97 bits per heavy atom. The van der Waals surface area contributed by atoms with Gasteiger partial charge in [0.05, 0.1) is 10.5 Å². The van der Waals surface area contributed by atoms with Crippen molar-refractivity contribution in [3.8, 4) is 0 Å². The molecule has 3 rings (SSSR count). The van der Waals surface area contributed by atoms with Crippen LogP contribution in [0.5, 0.6) is 0 Å². The average molecular weight is 566 g/mol. The summed E-state index contributed by atoms with van der Waals surface area (Å²) in [6.07, 6.45) is 6.51. The molecule has 12 heteroatoms. The zero-order valence-corrected chi connectivity index (χ0v) is 22.5. The fourth-order valence-electron chi connectivity index (χ4n) is 3.56. The monoisotopic (exact) mass is 564 g/mol. The van der Waals surface area contributed by atoms with Crippen molar-refractivity contribution in [3.63, 3.8) is 0 Å². The van der Waals surface area contributed by atoms with E-state index in [0.29, 0.717) is 30.5 Å². The number of nitrogens with one attached hydrogen (secondary N) is 5. The first-order chi connectivity index (χ1) is 17.0. The highest BCUT2D eigenvalue weighted by Gasteiger charge is 2.18. The molecule has 0 saturated carbocycles. The van der Waals surface area contributed by atoms with E-state index in [1.807, 2.05) is 35.4 Å². The van der Waals surface area contributed by atoms with Crippen LogP contribution in [0, 0.1) is 0 Å². The standard InChI is InChI=1S/C23H33BrN8O2S/c1-25-19(15-35-2)21(33)27-10-6-9-26-20-18(24)14-28-22(31-20)29-16-7-5-8-17(13-16)30-23(34)32-11-3-4-12-32/h5,7-8,13-14,19,25H,3-4,6,9-12,15H2,1-2H3,(H,27,33)(H,30,34)(H2,26,28,29,31). The molecule has 0 radical (unpaired) electrons. The lowest BCUT2D eigenvalue weighted by Crippen LogP contribution is -2.44. The third-order valence-corrected chi connectivity index (χ3v) is 6.70. The largest absolute Gasteiger partial charge is 0.369 e. The Morgan fingerprint density at radius 1 is 1.20 bits per heavy atom. The molecule has 1 unspecified atom stereocenters. The Bertz CT molecular complexity index is 990. The number of nitrogens with zero attached hydrogens (tertiary/aromatic N) is 3. The number of amides is 3. The molecule has 0 spiro atoms. The van der Waals surface area contributed by atoms with Gasteiger partial charge in [-0.15, -0.1) is 0 Å². The smallest absolute Gasteiger partial charge is 0.321 e. The molecule has 10 nitrogen and oxygen atoms in total. The first-order valence-corrected chi connectivity index (χ1v) is 13.8. The SMILES string of the molecule is CNC(CSC)C(=O)NCCCNc1nc(Nc2cccc(NC(=O)N3CCCC3)c2)ncc1Br. The molecule has 1 atom stereocenters. The number of urea groups is 1. The van der Waals surface area contributed by atoms with Gasteiger partial charge in [0, 0.05) is 49.5 Å². The van der Waals surface area contributed by atoms with Crippen molar-refractivity contribution >= 4 is 62.8 Å². The minimum absolute atomic E-state index is 0.00963. The summed E-state index contributed by atoms with van der Waals surface area (Å²) in [5.41, 5.74) is 1.48. The average Bonchev–Trinajstić information content (AvgIpc) is 3.39. The fourth-order valence-corrected chi connectivity index (χ4v) is 4.55. The van der Waals surface area contributed by atoms with Gasteiger partial charge in [-0.3, -0.25) is 4.79 Å². The van der Waals surface area contributed by atoms with Crippen molar-refractivity contribution in [1.29, 1.82) is 0 Å². The number of hydrogen-bond donors (Lipinski definition) is 5. The minimum Gasteiger partial charge on any atom is -0.369 e. The molecule has 190 valence electrons. The predicted molar refractivity (Wildman–Crippen MR) is 147 cm³/mol. The molecule has 5 N–H and O–H groups in total. The Morgan fingerprint density at radius 3 is 2.71 bits per heavy atom. The van der Waals surface area contributed by atoms with E-state index in [-0.39, 0.29) is 18.0 Å². The van der Waals surface area contributed by atoms with Gasteiger partial charge in [0.15, 0.2) is 0 Å². The zero-order chi connectivity index (χ0) is 25.0. The molecule has 35 heavy (non-hydrogen) atoms. The van der Waals surface area contributed by atoms with Crippen LogP contribution in [0.3, 0.4) is 0 Å². The first-order valence-electron chi connectivity index (χ1n) is 11.6. The highest BCUT2D eigenvalue weighted by molar-refractivity contribution is 9.10. The van der Waals surface area contributed by atoms with E-state index in [1.165, 1.54) is 0 Å². The summed E-state index contributed by atoms with van der Waals surface area (Å²) in [6, 6.07) is 7.20. The maximum absolute atomic E-state index is 12.4. The predicted octanol–water partition coefficient (Wildman–Crippen LogP) is 3.48. The number of likely N-dealkylation sites (tertiary alicyclic amines) is 1. The molecule has 3 amide bonds. The molecule has 1 aromatic heterocycles. The number of anilines is 4. The van der Waals surface area contributed by atoms with Gasteiger partial charge in [-0.05, 0) is 66.7 Å². The van der Waals surface area contributed by atoms with E-state index in [0.717, 1.165) is 48.3 Å². The van der Waals surface area contributed by atoms with Gasteiger partial charge >= 0.3 is 6.03 Å². The number of aromatic nitrogens is 2. The Kier molecular flexibility index (Phi) is 10.9. The van der Waals surface area contributed by atoms with Crippen molar-refractivity contribution in [2.45, 2.75) is 25.3 Å². The minimum atomic E-state index is -0.186. The first kappa shape index (κ1) is 27.0. The number of thioether (sulfide) groups is 1. The molecule has 0 aliphatic carbocycles. The maximum atomic E-state index is 12.4. The molecule has 1 aromatic carbocycles. The van der Waals surface area contributed by atoms with Crippen LogP contribution in [0.15, 0.2) is 34.9 Å². The van der Waals surface area contributed by atoms with Gasteiger partial charge in [0.25, 0.3) is 0 Å². The lowest BCUT2D eigenvalue weighted by atomic mass is 10.3. The van der Waals surface area contributed by atoms with Gasteiger partial charge in [-0.2, -0.15) is 16.7 Å². The van der Waals surface area contributed by atoms with Crippen LogP contribution >= 0.6 is 27.7 Å². The molecule has 1 fully saturated rings. The van der Waals surface area contributed by atoms with E-state index >= 15 is 0 Å². The Hall–Kier alpha value is -2.57. The van der Waals surface area contributed by atoms with Crippen LogP contribution in [-0.2, 0) is 4.79 Å². The Balaban J connectivity index is 1.49. The van der Waals surface area contributed by atoms with E-state index in [1.54, 1.807) is 25.0 Å². The summed E-state index contributed by atoms with van der Waals surface area (Å²) < 4.78 is 0.744. The van der Waals surface area contributed by atoms with Crippen LogP contribution in [0.1, 0.15) is 19.3 Å². The summed E-state index contributed by atoms with van der Waals surface area (Å²) in [5.74, 6) is 1.83. The molecule has 1 saturated heterocycles. The van der Waals surface area contributed by atoms with E-state index < -0.39 is 0 Å². The van der Waals surface area contributed by atoms with Crippen LogP contribution in [0.4, 0.5) is 27.9 Å². The summed E-state index contributed by atoms with van der Waals surface area (Å²) >= 11 is 5.11. The highest BCUT2D eigenvalue weighted by atomic mass is 79.9. The number of carbonyl (C=O) groups is 2. The fraction of sp³-hybridized carbons (Fsp3) is 0.478. The Labute approximate surface area is 218 Å². The van der Waals surface area contributed by atoms with Crippen LogP contribution < -0.4 is 26.6 Å². The number of halogens is 1. The second-order valence-electron chi connectivity index (χ2n) is 8.09. The number of likely N-dealkylation sites (N-methyl/N-ethyl adjacent to an activating group) is 1. The molecule has 0 bridgehead atoms. The summed E-state index contributed by atoms with van der Waals surface area (Å²) in [5, 5.41) is 15.4. The molecular formula is C23H33BrN8O2S. The topological polar surface area (TPSA) is 123 Å².